The third kappa shape index (κ3) is 9.08. The average Bonchev–Trinajstić information content (AvgIpc) is 2.14. The molecule has 0 aromatic rings. The summed E-state index contributed by atoms with van der Waals surface area (Å²) in [5.41, 5.74) is 0. The van der Waals surface area contributed by atoms with Gasteiger partial charge in [-0.3, -0.25) is 4.79 Å². The molecule has 0 saturated heterocycles. The van der Waals surface area contributed by atoms with Gasteiger partial charge in [0, 0.05) is 19.5 Å². The van der Waals surface area contributed by atoms with Gasteiger partial charge in [-0.15, -0.1) is 11.8 Å². The predicted molar refractivity (Wildman–Crippen MR) is 58.8 cm³/mol. The summed E-state index contributed by atoms with van der Waals surface area (Å²) >= 11 is 0. The van der Waals surface area contributed by atoms with Crippen LogP contribution in [0.25, 0.3) is 0 Å². The molecule has 0 radical (unpaired) electrons. The summed E-state index contributed by atoms with van der Waals surface area (Å²) in [6, 6.07) is 0. The first-order chi connectivity index (χ1) is 6.66. The van der Waals surface area contributed by atoms with Crippen molar-refractivity contribution in [1.82, 2.24) is 10.6 Å². The topological polar surface area (TPSA) is 41.1 Å². The van der Waals surface area contributed by atoms with Gasteiger partial charge < -0.3 is 10.6 Å². The highest BCUT2D eigenvalue weighted by Gasteiger charge is 2.00. The van der Waals surface area contributed by atoms with E-state index in [9.17, 15) is 4.79 Å². The van der Waals surface area contributed by atoms with Crippen molar-refractivity contribution in [3.8, 4) is 11.8 Å². The maximum absolute atomic E-state index is 11.2. The molecule has 0 aliphatic carbocycles. The molecule has 2 N–H and O–H groups in total. The molecule has 0 heterocycles. The minimum absolute atomic E-state index is 0.0585. The smallest absolute Gasteiger partial charge is 0.233 e. The van der Waals surface area contributed by atoms with Crippen LogP contribution in [-0.4, -0.2) is 25.5 Å². The fraction of sp³-hybridized carbons (Fsp3) is 0.727. The molecule has 1 amide bonds. The zero-order valence-corrected chi connectivity index (χ0v) is 9.31. The van der Waals surface area contributed by atoms with Crippen molar-refractivity contribution in [2.75, 3.05) is 19.6 Å². The van der Waals surface area contributed by atoms with Crippen LogP contribution in [0.2, 0.25) is 0 Å². The van der Waals surface area contributed by atoms with Crippen LogP contribution in [0.1, 0.15) is 27.2 Å². The van der Waals surface area contributed by atoms with Gasteiger partial charge in [0.1, 0.15) is 0 Å². The van der Waals surface area contributed by atoms with E-state index in [0.717, 1.165) is 19.5 Å². The van der Waals surface area contributed by atoms with Crippen LogP contribution >= 0.6 is 0 Å². The van der Waals surface area contributed by atoms with E-state index in [1.54, 1.807) is 0 Å². The summed E-state index contributed by atoms with van der Waals surface area (Å²) in [6.45, 7) is 7.87. The number of nitrogens with one attached hydrogen (secondary N) is 2. The summed E-state index contributed by atoms with van der Waals surface area (Å²) in [5.74, 6) is 6.30. The number of rotatable bonds is 6. The number of hydrogen-bond acceptors (Lipinski definition) is 2. The van der Waals surface area contributed by atoms with Gasteiger partial charge in [-0.25, -0.2) is 0 Å². The van der Waals surface area contributed by atoms with Crippen LogP contribution in [-0.2, 0) is 4.79 Å². The Labute approximate surface area is 86.6 Å². The molecule has 0 fully saturated rings. The first-order valence-electron chi connectivity index (χ1n) is 5.03. The lowest BCUT2D eigenvalue weighted by Crippen LogP contribution is -2.36. The Hall–Kier alpha value is -1.01. The van der Waals surface area contributed by atoms with E-state index in [1.165, 1.54) is 0 Å². The first kappa shape index (κ1) is 13.0. The lowest BCUT2D eigenvalue weighted by Gasteiger charge is -2.07. The Morgan fingerprint density at radius 1 is 1.43 bits per heavy atom. The molecular weight excluding hydrogens is 176 g/mol. The Balaban J connectivity index is 3.30. The zero-order chi connectivity index (χ0) is 10.8. The van der Waals surface area contributed by atoms with E-state index in [0.29, 0.717) is 12.5 Å². The van der Waals surface area contributed by atoms with E-state index in [2.05, 4.69) is 36.3 Å². The van der Waals surface area contributed by atoms with Crippen LogP contribution in [0, 0.1) is 17.8 Å². The van der Waals surface area contributed by atoms with Crippen LogP contribution in [0.4, 0.5) is 0 Å². The number of hydrogen-bond donors (Lipinski definition) is 2. The largest absolute Gasteiger partial charge is 0.355 e. The molecule has 0 aromatic carbocycles. The highest BCUT2D eigenvalue weighted by Crippen LogP contribution is 1.86. The van der Waals surface area contributed by atoms with Crippen molar-refractivity contribution >= 4 is 5.91 Å². The number of carbonyl (C=O) groups is 1. The van der Waals surface area contributed by atoms with Gasteiger partial charge in [0.15, 0.2) is 0 Å². The summed E-state index contributed by atoms with van der Waals surface area (Å²) in [4.78, 5) is 11.2. The van der Waals surface area contributed by atoms with Crippen LogP contribution in [0.15, 0.2) is 0 Å². The van der Waals surface area contributed by atoms with E-state index < -0.39 is 0 Å². The summed E-state index contributed by atoms with van der Waals surface area (Å²) in [6.07, 6.45) is 0.800. The molecule has 0 aliphatic rings. The number of carbonyl (C=O) groups excluding carboxylic acids is 1. The summed E-state index contributed by atoms with van der Waals surface area (Å²) in [5, 5.41) is 5.86. The Morgan fingerprint density at radius 3 is 2.71 bits per heavy atom. The van der Waals surface area contributed by atoms with Crippen molar-refractivity contribution in [3.63, 3.8) is 0 Å². The molecule has 0 unspecified atom stereocenters. The second kappa shape index (κ2) is 8.58. The van der Waals surface area contributed by atoms with Crippen molar-refractivity contribution in [2.24, 2.45) is 5.92 Å². The van der Waals surface area contributed by atoms with E-state index in [-0.39, 0.29) is 5.91 Å². The van der Waals surface area contributed by atoms with Gasteiger partial charge in [-0.2, -0.15) is 0 Å². The van der Waals surface area contributed by atoms with E-state index >= 15 is 0 Å². The summed E-state index contributed by atoms with van der Waals surface area (Å²) in [7, 11) is 0. The normalized spacial score (nSPS) is 9.43. The van der Waals surface area contributed by atoms with Crippen molar-refractivity contribution in [2.45, 2.75) is 27.2 Å². The molecule has 80 valence electrons. The number of amides is 1. The SMILES string of the molecule is CC#CCCNCC(=O)NCC(C)C. The second-order valence-corrected chi connectivity index (χ2v) is 3.55. The standard InChI is InChI=1S/C11H20N2O/c1-4-5-6-7-12-9-11(14)13-8-10(2)3/h10,12H,6-9H2,1-3H3,(H,13,14). The maximum atomic E-state index is 11.2. The Morgan fingerprint density at radius 2 is 2.14 bits per heavy atom. The molecule has 0 spiro atoms. The molecule has 0 aliphatic heterocycles. The highest BCUT2D eigenvalue weighted by atomic mass is 16.1. The molecule has 0 atom stereocenters. The third-order valence-corrected chi connectivity index (χ3v) is 1.60. The molecule has 0 saturated carbocycles. The zero-order valence-electron chi connectivity index (χ0n) is 9.31. The van der Waals surface area contributed by atoms with Gasteiger partial charge in [0.25, 0.3) is 0 Å². The first-order valence-corrected chi connectivity index (χ1v) is 5.03. The quantitative estimate of drug-likeness (QED) is 0.486. The van der Waals surface area contributed by atoms with Crippen molar-refractivity contribution in [3.05, 3.63) is 0 Å². The Bertz CT molecular complexity index is 213. The van der Waals surface area contributed by atoms with Crippen LogP contribution < -0.4 is 10.6 Å². The molecule has 0 aromatic heterocycles. The van der Waals surface area contributed by atoms with Gasteiger partial charge in [0.2, 0.25) is 5.91 Å². The van der Waals surface area contributed by atoms with Crippen LogP contribution in [0.3, 0.4) is 0 Å². The molecular formula is C11H20N2O. The average molecular weight is 196 g/mol. The molecule has 14 heavy (non-hydrogen) atoms. The van der Waals surface area contributed by atoms with Gasteiger partial charge in [0.05, 0.1) is 6.54 Å². The van der Waals surface area contributed by atoms with Gasteiger partial charge in [-0.1, -0.05) is 13.8 Å². The molecule has 0 rings (SSSR count). The van der Waals surface area contributed by atoms with E-state index in [1.807, 2.05) is 6.92 Å². The Kier molecular flexibility index (Phi) is 7.96. The fourth-order valence-corrected chi connectivity index (χ4v) is 0.858. The van der Waals surface area contributed by atoms with Gasteiger partial charge in [-0.05, 0) is 12.8 Å². The van der Waals surface area contributed by atoms with Crippen LogP contribution in [0.5, 0.6) is 0 Å². The highest BCUT2D eigenvalue weighted by molar-refractivity contribution is 5.77. The lowest BCUT2D eigenvalue weighted by molar-refractivity contribution is -0.120. The predicted octanol–water partition coefficient (Wildman–Crippen LogP) is 0.762. The fourth-order valence-electron chi connectivity index (χ4n) is 0.858. The lowest BCUT2D eigenvalue weighted by atomic mass is 10.2. The maximum Gasteiger partial charge on any atom is 0.233 e. The molecule has 0 bridgehead atoms. The second-order valence-electron chi connectivity index (χ2n) is 3.55. The molecule has 3 heteroatoms. The van der Waals surface area contributed by atoms with Crippen molar-refractivity contribution < 1.29 is 4.79 Å². The molecule has 3 nitrogen and oxygen atoms in total. The summed E-state index contributed by atoms with van der Waals surface area (Å²) < 4.78 is 0. The van der Waals surface area contributed by atoms with Crippen molar-refractivity contribution in [1.29, 1.82) is 0 Å². The minimum Gasteiger partial charge on any atom is -0.355 e. The minimum atomic E-state index is 0.0585. The third-order valence-electron chi connectivity index (χ3n) is 1.60. The van der Waals surface area contributed by atoms with Gasteiger partial charge >= 0.3 is 0 Å². The van der Waals surface area contributed by atoms with E-state index in [4.69, 9.17) is 0 Å². The monoisotopic (exact) mass is 196 g/mol.